The van der Waals surface area contributed by atoms with Gasteiger partial charge in [0.15, 0.2) is 0 Å². The zero-order valence-corrected chi connectivity index (χ0v) is 18.6. The summed E-state index contributed by atoms with van der Waals surface area (Å²) in [7, 11) is 3.18. The molecule has 0 amide bonds. The van der Waals surface area contributed by atoms with E-state index in [2.05, 4.69) is 16.4 Å². The molecule has 2 aromatic heterocycles. The summed E-state index contributed by atoms with van der Waals surface area (Å²) in [5.74, 6) is 1.05. The maximum absolute atomic E-state index is 12.6. The number of H-pyrrole nitrogens is 1. The lowest BCUT2D eigenvalue weighted by molar-refractivity contribution is 0.0600. The zero-order chi connectivity index (χ0) is 21.4. The summed E-state index contributed by atoms with van der Waals surface area (Å²) in [6, 6.07) is 5.99. The molecule has 2 N–H and O–H groups in total. The van der Waals surface area contributed by atoms with Gasteiger partial charge in [-0.2, -0.15) is 11.8 Å². The van der Waals surface area contributed by atoms with E-state index >= 15 is 0 Å². The van der Waals surface area contributed by atoms with Gasteiger partial charge in [-0.25, -0.2) is 4.79 Å². The van der Waals surface area contributed by atoms with Crippen LogP contribution in [0.5, 0.6) is 0 Å². The minimum Gasteiger partial charge on any atom is -0.465 e. The van der Waals surface area contributed by atoms with Crippen LogP contribution in [0.4, 0.5) is 5.69 Å². The van der Waals surface area contributed by atoms with Crippen molar-refractivity contribution in [2.45, 2.75) is 25.5 Å². The fraction of sp³-hybridized carbons (Fsp3) is 0.391. The van der Waals surface area contributed by atoms with Crippen molar-refractivity contribution in [3.05, 3.63) is 51.6 Å². The van der Waals surface area contributed by atoms with E-state index in [1.165, 1.54) is 20.0 Å². The predicted octanol–water partition coefficient (Wildman–Crippen LogP) is 4.31. The maximum atomic E-state index is 12.6. The topological polar surface area (TPSA) is 76.1 Å². The molecule has 0 aliphatic heterocycles. The minimum absolute atomic E-state index is 0.0511. The molecule has 3 aromatic rings. The number of methoxy groups -OCH3 is 1. The average molecular weight is 426 g/mol. The lowest BCUT2D eigenvalue weighted by atomic mass is 9.96. The predicted molar refractivity (Wildman–Crippen MR) is 123 cm³/mol. The summed E-state index contributed by atoms with van der Waals surface area (Å²) in [5, 5.41) is 4.45. The second-order valence-electron chi connectivity index (χ2n) is 8.00. The number of carbonyl (C=O) groups excluding carboxylic acids is 1. The first-order valence-corrected chi connectivity index (χ1v) is 11.5. The van der Waals surface area contributed by atoms with Crippen molar-refractivity contribution >= 4 is 34.3 Å². The standard InChI is InChI=1S/C23H27N3O3S/c1-13-7-18-19(11-26(2)22(27)21(18)25-13)17-8-15(12-30-4)16(23(28)29-3)9-20(17)24-10-14-5-6-14/h7-9,11,14,24-25H,5-6,10,12H2,1-4H3. The molecule has 1 saturated carbocycles. The third kappa shape index (κ3) is 3.86. The molecule has 1 fully saturated rings. The molecule has 1 aliphatic carbocycles. The number of fused-ring (bicyclic) bond motifs is 1. The third-order valence-electron chi connectivity index (χ3n) is 5.62. The second kappa shape index (κ2) is 8.22. The van der Waals surface area contributed by atoms with Crippen molar-refractivity contribution in [3.63, 3.8) is 0 Å². The smallest absolute Gasteiger partial charge is 0.338 e. The summed E-state index contributed by atoms with van der Waals surface area (Å²) in [6.45, 7) is 2.82. The van der Waals surface area contributed by atoms with Crippen molar-refractivity contribution < 1.29 is 9.53 Å². The number of benzene rings is 1. The van der Waals surface area contributed by atoms with E-state index in [0.717, 1.165) is 40.0 Å². The van der Waals surface area contributed by atoms with Crippen LogP contribution in [0.1, 0.15) is 34.5 Å². The SMILES string of the molecule is COC(=O)c1cc(NCC2CC2)c(-c2cn(C)c(=O)c3[nH]c(C)cc23)cc1CSC. The van der Waals surface area contributed by atoms with Crippen LogP contribution in [0, 0.1) is 12.8 Å². The van der Waals surface area contributed by atoms with Gasteiger partial charge >= 0.3 is 5.97 Å². The van der Waals surface area contributed by atoms with Gasteiger partial charge in [0.1, 0.15) is 5.52 Å². The van der Waals surface area contributed by atoms with Crippen LogP contribution in [-0.4, -0.2) is 35.4 Å². The maximum Gasteiger partial charge on any atom is 0.338 e. The van der Waals surface area contributed by atoms with Gasteiger partial charge < -0.3 is 19.6 Å². The second-order valence-corrected chi connectivity index (χ2v) is 8.87. The summed E-state index contributed by atoms with van der Waals surface area (Å²) in [4.78, 5) is 28.3. The fourth-order valence-corrected chi connectivity index (χ4v) is 4.40. The van der Waals surface area contributed by atoms with E-state index in [9.17, 15) is 9.59 Å². The Morgan fingerprint density at radius 2 is 2.07 bits per heavy atom. The number of aromatic amines is 1. The van der Waals surface area contributed by atoms with E-state index in [1.807, 2.05) is 31.5 Å². The Balaban J connectivity index is 1.96. The number of nitrogens with one attached hydrogen (secondary N) is 2. The highest BCUT2D eigenvalue weighted by Gasteiger charge is 2.23. The Labute approximate surface area is 180 Å². The number of anilines is 1. The number of aryl methyl sites for hydroxylation is 2. The normalized spacial score (nSPS) is 13.6. The molecule has 4 rings (SSSR count). The molecule has 0 atom stereocenters. The largest absolute Gasteiger partial charge is 0.465 e. The zero-order valence-electron chi connectivity index (χ0n) is 17.8. The van der Waals surface area contributed by atoms with E-state index < -0.39 is 0 Å². The van der Waals surface area contributed by atoms with Gasteiger partial charge in [0.05, 0.1) is 12.7 Å². The molecule has 0 bridgehead atoms. The monoisotopic (exact) mass is 425 g/mol. The number of thioether (sulfide) groups is 1. The van der Waals surface area contributed by atoms with E-state index in [0.29, 0.717) is 22.8 Å². The lowest BCUT2D eigenvalue weighted by Crippen LogP contribution is -2.17. The molecule has 2 heterocycles. The van der Waals surface area contributed by atoms with Crippen molar-refractivity contribution in [2.24, 2.45) is 13.0 Å². The minimum atomic E-state index is -0.330. The number of hydrogen-bond acceptors (Lipinski definition) is 5. The number of aromatic nitrogens is 2. The van der Waals surface area contributed by atoms with Gasteiger partial charge in [-0.15, -0.1) is 0 Å². The Morgan fingerprint density at radius 1 is 1.30 bits per heavy atom. The number of ether oxygens (including phenoxy) is 1. The van der Waals surface area contributed by atoms with Gasteiger partial charge in [0, 0.05) is 53.4 Å². The van der Waals surface area contributed by atoms with Crippen molar-refractivity contribution in [3.8, 4) is 11.1 Å². The molecule has 7 heteroatoms. The first-order valence-electron chi connectivity index (χ1n) is 10.1. The number of esters is 1. The van der Waals surface area contributed by atoms with Crippen LogP contribution in [0.3, 0.4) is 0 Å². The highest BCUT2D eigenvalue weighted by Crippen LogP contribution is 2.37. The summed E-state index contributed by atoms with van der Waals surface area (Å²) >= 11 is 1.66. The number of hydrogen-bond donors (Lipinski definition) is 2. The summed E-state index contributed by atoms with van der Waals surface area (Å²) in [5.41, 5.74) is 5.86. The first kappa shape index (κ1) is 20.6. The van der Waals surface area contributed by atoms with Gasteiger partial charge in [-0.1, -0.05) is 0 Å². The van der Waals surface area contributed by atoms with Gasteiger partial charge in [-0.05, 0) is 55.7 Å². The van der Waals surface area contributed by atoms with Crippen molar-refractivity contribution in [2.75, 3.05) is 25.2 Å². The van der Waals surface area contributed by atoms with Crippen LogP contribution in [0.25, 0.3) is 22.0 Å². The number of rotatable bonds is 7. The third-order valence-corrected chi connectivity index (χ3v) is 6.22. The quantitative estimate of drug-likeness (QED) is 0.552. The van der Waals surface area contributed by atoms with Gasteiger partial charge in [0.2, 0.25) is 0 Å². The summed E-state index contributed by atoms with van der Waals surface area (Å²) in [6.07, 6.45) is 6.37. The molecule has 30 heavy (non-hydrogen) atoms. The lowest BCUT2D eigenvalue weighted by Gasteiger charge is -2.18. The van der Waals surface area contributed by atoms with Crippen molar-refractivity contribution in [1.29, 1.82) is 0 Å². The number of carbonyl (C=O) groups is 1. The molecule has 6 nitrogen and oxygen atoms in total. The van der Waals surface area contributed by atoms with E-state index in [-0.39, 0.29) is 11.5 Å². The first-order chi connectivity index (χ1) is 14.4. The number of pyridine rings is 1. The molecule has 0 radical (unpaired) electrons. The van der Waals surface area contributed by atoms with Crippen LogP contribution in [0.2, 0.25) is 0 Å². The molecule has 0 unspecified atom stereocenters. The number of nitrogens with zero attached hydrogens (tertiary/aromatic N) is 1. The molecule has 158 valence electrons. The van der Waals surface area contributed by atoms with Crippen molar-refractivity contribution in [1.82, 2.24) is 9.55 Å². The van der Waals surface area contributed by atoms with Gasteiger partial charge in [0.25, 0.3) is 5.56 Å². The van der Waals surface area contributed by atoms with Crippen LogP contribution >= 0.6 is 11.8 Å². The molecular weight excluding hydrogens is 398 g/mol. The van der Waals surface area contributed by atoms with Crippen LogP contribution in [0.15, 0.2) is 29.2 Å². The molecule has 0 saturated heterocycles. The Morgan fingerprint density at radius 3 is 2.73 bits per heavy atom. The Hall–Kier alpha value is -2.67. The van der Waals surface area contributed by atoms with E-state index in [4.69, 9.17) is 4.74 Å². The van der Waals surface area contributed by atoms with Gasteiger partial charge in [-0.3, -0.25) is 4.79 Å². The van der Waals surface area contributed by atoms with Crippen LogP contribution < -0.4 is 10.9 Å². The molecule has 1 aliphatic rings. The Bertz CT molecular complexity index is 1170. The summed E-state index contributed by atoms with van der Waals surface area (Å²) < 4.78 is 6.66. The molecule has 0 spiro atoms. The van der Waals surface area contributed by atoms with E-state index in [1.54, 1.807) is 23.4 Å². The Kier molecular flexibility index (Phi) is 5.64. The highest BCUT2D eigenvalue weighted by atomic mass is 32.2. The molecular formula is C23H27N3O3S. The van der Waals surface area contributed by atoms with Crippen LogP contribution in [-0.2, 0) is 17.5 Å². The average Bonchev–Trinajstić information content (AvgIpc) is 3.48. The fourth-order valence-electron chi connectivity index (χ4n) is 3.85. The molecule has 1 aromatic carbocycles. The highest BCUT2D eigenvalue weighted by molar-refractivity contribution is 7.97.